The number of halogens is 4. The van der Waals surface area contributed by atoms with Crippen molar-refractivity contribution in [3.63, 3.8) is 0 Å². The Hall–Kier alpha value is -3.32. The van der Waals surface area contributed by atoms with Crippen molar-refractivity contribution in [3.8, 4) is 5.82 Å². The van der Waals surface area contributed by atoms with Gasteiger partial charge in [0.25, 0.3) is 11.8 Å². The number of pyridine rings is 1. The Morgan fingerprint density at radius 3 is 2.41 bits per heavy atom. The number of alkyl halides is 3. The quantitative estimate of drug-likeness (QED) is 0.370. The lowest BCUT2D eigenvalue weighted by atomic mass is 10.1. The van der Waals surface area contributed by atoms with E-state index >= 15 is 0 Å². The fourth-order valence-corrected chi connectivity index (χ4v) is 5.66. The minimum Gasteiger partial charge on any atom is -0.342 e. The molecule has 2 unspecified atom stereocenters. The number of carbonyl (C=O) groups is 2. The maximum atomic E-state index is 13.2. The van der Waals surface area contributed by atoms with Crippen LogP contribution in [0.5, 0.6) is 0 Å². The molecule has 0 saturated heterocycles. The monoisotopic (exact) mass is 584 g/mol. The van der Waals surface area contributed by atoms with E-state index in [9.17, 15) is 27.0 Å². The fraction of sp³-hybridized carbons (Fsp3) is 0.400. The van der Waals surface area contributed by atoms with Crippen LogP contribution in [0.25, 0.3) is 5.82 Å². The summed E-state index contributed by atoms with van der Waals surface area (Å²) in [5, 5.41) is 6.42. The fourth-order valence-electron chi connectivity index (χ4n) is 3.64. The smallest absolute Gasteiger partial charge is 0.342 e. The van der Waals surface area contributed by atoms with Crippen LogP contribution in [0.15, 0.2) is 40.9 Å². The van der Waals surface area contributed by atoms with Crippen LogP contribution in [0, 0.1) is 6.92 Å². The standard InChI is InChI=1S/C25H28ClF3N6O3S/c1-6-14(3)39(38,7-2)34-24(37)17-8-9-21(30-13-17)35-22(32-16(5)33-35)15(4)31-23(36)18-10-19(25(27,28)29)12-20(26)11-18/h8-15H,6-7H2,1-5H3,(H,31,36)/t14?,15-,39?/m0/s1. The Balaban J connectivity index is 1.86. The lowest BCUT2D eigenvalue weighted by molar-refractivity contribution is -0.137. The first kappa shape index (κ1) is 30.2. The average molecular weight is 585 g/mol. The molecule has 0 spiro atoms. The van der Waals surface area contributed by atoms with Crippen molar-refractivity contribution in [3.05, 3.63) is 69.9 Å². The molecule has 0 bridgehead atoms. The zero-order chi connectivity index (χ0) is 29.1. The van der Waals surface area contributed by atoms with E-state index in [1.165, 1.54) is 23.0 Å². The van der Waals surface area contributed by atoms with Crippen LogP contribution in [-0.2, 0) is 15.9 Å². The van der Waals surface area contributed by atoms with Crippen LogP contribution in [0.1, 0.15) is 78.1 Å². The predicted molar refractivity (Wildman–Crippen MR) is 141 cm³/mol. The van der Waals surface area contributed by atoms with Crippen LogP contribution in [0.4, 0.5) is 13.2 Å². The Bertz CT molecular complexity index is 1500. The van der Waals surface area contributed by atoms with Crippen molar-refractivity contribution in [1.82, 2.24) is 25.1 Å². The zero-order valence-electron chi connectivity index (χ0n) is 21.9. The van der Waals surface area contributed by atoms with E-state index in [0.717, 1.165) is 12.1 Å². The van der Waals surface area contributed by atoms with Gasteiger partial charge >= 0.3 is 6.18 Å². The van der Waals surface area contributed by atoms with Crippen molar-refractivity contribution in [2.45, 2.75) is 58.5 Å². The SMILES string of the molecule is CCC(C)S(=O)(CC)=NC(=O)c1ccc(-n2nc(C)nc2[C@H](C)NC(=O)c2cc(Cl)cc(C(F)(F)F)c2)nc1. The third kappa shape index (κ3) is 7.01. The summed E-state index contributed by atoms with van der Waals surface area (Å²) < 4.78 is 57.8. The van der Waals surface area contributed by atoms with Crippen molar-refractivity contribution in [1.29, 1.82) is 0 Å². The molecular weight excluding hydrogens is 557 g/mol. The van der Waals surface area contributed by atoms with Gasteiger partial charge in [-0.15, -0.1) is 5.10 Å². The summed E-state index contributed by atoms with van der Waals surface area (Å²) in [5.74, 6) is -0.321. The van der Waals surface area contributed by atoms with Gasteiger partial charge in [-0.3, -0.25) is 9.59 Å². The summed E-state index contributed by atoms with van der Waals surface area (Å²) in [6.45, 7) is 8.60. The molecular formula is C25H28ClF3N6O3S. The Kier molecular flexibility index (Phi) is 9.16. The van der Waals surface area contributed by atoms with Gasteiger partial charge in [0.1, 0.15) is 5.82 Å². The van der Waals surface area contributed by atoms with Crippen LogP contribution >= 0.6 is 11.6 Å². The van der Waals surface area contributed by atoms with E-state index in [2.05, 4.69) is 24.7 Å². The molecule has 2 aromatic heterocycles. The third-order valence-electron chi connectivity index (χ3n) is 6.03. The molecule has 0 aliphatic heterocycles. The Morgan fingerprint density at radius 1 is 1.15 bits per heavy atom. The molecule has 14 heteroatoms. The van der Waals surface area contributed by atoms with E-state index in [4.69, 9.17) is 11.6 Å². The molecule has 0 saturated carbocycles. The number of aromatic nitrogens is 4. The second-order valence-corrected chi connectivity index (χ2v) is 12.2. The first-order valence-electron chi connectivity index (χ1n) is 12.0. The summed E-state index contributed by atoms with van der Waals surface area (Å²) in [6.07, 6.45) is -2.77. The summed E-state index contributed by atoms with van der Waals surface area (Å²) >= 11 is 5.80. The number of nitrogens with one attached hydrogen (secondary N) is 1. The van der Waals surface area contributed by atoms with Gasteiger partial charge in [-0.2, -0.15) is 22.2 Å². The first-order chi connectivity index (χ1) is 18.2. The number of benzene rings is 1. The number of hydrogen-bond donors (Lipinski definition) is 1. The third-order valence-corrected chi connectivity index (χ3v) is 9.14. The maximum Gasteiger partial charge on any atom is 0.416 e. The largest absolute Gasteiger partial charge is 0.416 e. The van der Waals surface area contributed by atoms with Crippen LogP contribution in [-0.4, -0.2) is 46.8 Å². The van der Waals surface area contributed by atoms with Crippen molar-refractivity contribution >= 4 is 33.1 Å². The maximum absolute atomic E-state index is 13.2. The minimum absolute atomic E-state index is 0.143. The summed E-state index contributed by atoms with van der Waals surface area (Å²) in [4.78, 5) is 34.0. The topological polar surface area (TPSA) is 119 Å². The minimum atomic E-state index is -4.67. The highest BCUT2D eigenvalue weighted by atomic mass is 35.5. The van der Waals surface area contributed by atoms with Crippen LogP contribution in [0.3, 0.4) is 0 Å². The number of hydrogen-bond acceptors (Lipinski definition) is 6. The van der Waals surface area contributed by atoms with Gasteiger partial charge in [0.15, 0.2) is 11.6 Å². The number of aryl methyl sites for hydroxylation is 1. The van der Waals surface area contributed by atoms with E-state index in [1.807, 2.05) is 6.92 Å². The number of nitrogens with zero attached hydrogens (tertiary/aromatic N) is 5. The molecule has 2 heterocycles. The lowest BCUT2D eigenvalue weighted by Gasteiger charge is -2.15. The summed E-state index contributed by atoms with van der Waals surface area (Å²) in [6, 6.07) is 4.75. The van der Waals surface area contributed by atoms with Gasteiger partial charge < -0.3 is 5.32 Å². The van der Waals surface area contributed by atoms with E-state index in [1.54, 1.807) is 27.7 Å². The van der Waals surface area contributed by atoms with Crippen molar-refractivity contribution in [2.75, 3.05) is 5.75 Å². The first-order valence-corrected chi connectivity index (χ1v) is 14.2. The lowest BCUT2D eigenvalue weighted by Crippen LogP contribution is -2.29. The summed E-state index contributed by atoms with van der Waals surface area (Å²) in [7, 11) is -2.72. The number of carbonyl (C=O) groups excluding carboxylic acids is 2. The predicted octanol–water partition coefficient (Wildman–Crippen LogP) is 5.56. The second-order valence-electron chi connectivity index (χ2n) is 8.85. The number of amides is 2. The highest BCUT2D eigenvalue weighted by Crippen LogP contribution is 2.32. The average Bonchev–Trinajstić information content (AvgIpc) is 3.28. The molecule has 39 heavy (non-hydrogen) atoms. The van der Waals surface area contributed by atoms with Crippen LogP contribution < -0.4 is 5.32 Å². The molecule has 0 fully saturated rings. The molecule has 0 aliphatic carbocycles. The van der Waals surface area contributed by atoms with Crippen LogP contribution in [0.2, 0.25) is 5.02 Å². The van der Waals surface area contributed by atoms with Crippen molar-refractivity contribution < 1.29 is 27.0 Å². The van der Waals surface area contributed by atoms with E-state index in [-0.39, 0.29) is 38.8 Å². The highest BCUT2D eigenvalue weighted by molar-refractivity contribution is 7.94. The van der Waals surface area contributed by atoms with Gasteiger partial charge in [0.05, 0.1) is 26.9 Å². The molecule has 1 N–H and O–H groups in total. The van der Waals surface area contributed by atoms with Gasteiger partial charge in [0.2, 0.25) is 0 Å². The van der Waals surface area contributed by atoms with Gasteiger partial charge in [-0.05, 0) is 57.5 Å². The molecule has 0 radical (unpaired) electrons. The molecule has 1 aromatic carbocycles. The normalized spacial score (nSPS) is 14.8. The molecule has 2 amide bonds. The molecule has 3 atom stereocenters. The Labute approximate surface area is 229 Å². The van der Waals surface area contributed by atoms with E-state index in [0.29, 0.717) is 18.3 Å². The summed E-state index contributed by atoms with van der Waals surface area (Å²) in [5.41, 5.74) is -1.17. The highest BCUT2D eigenvalue weighted by Gasteiger charge is 2.32. The molecule has 3 rings (SSSR count). The van der Waals surface area contributed by atoms with Gasteiger partial charge in [-0.25, -0.2) is 14.2 Å². The van der Waals surface area contributed by atoms with Crippen molar-refractivity contribution in [2.24, 2.45) is 4.36 Å². The number of rotatable bonds is 8. The second kappa shape index (κ2) is 11.8. The Morgan fingerprint density at radius 2 is 1.85 bits per heavy atom. The van der Waals surface area contributed by atoms with Gasteiger partial charge in [0, 0.05) is 27.8 Å². The van der Waals surface area contributed by atoms with Gasteiger partial charge in [-0.1, -0.05) is 25.4 Å². The molecule has 0 aliphatic rings. The molecule has 210 valence electrons. The van der Waals surface area contributed by atoms with E-state index < -0.39 is 39.3 Å². The molecule has 3 aromatic rings. The zero-order valence-corrected chi connectivity index (χ0v) is 23.5. The molecule has 9 nitrogen and oxygen atoms in total.